The summed E-state index contributed by atoms with van der Waals surface area (Å²) in [4.78, 5) is 0. The molecule has 0 aliphatic heterocycles. The topological polar surface area (TPSA) is 0 Å². The summed E-state index contributed by atoms with van der Waals surface area (Å²) in [5.74, 6) is 1.85. The van der Waals surface area contributed by atoms with Gasteiger partial charge in [0.15, 0.2) is 0 Å². The van der Waals surface area contributed by atoms with Crippen molar-refractivity contribution >= 4 is 0 Å². The zero-order valence-electron chi connectivity index (χ0n) is 7.57. The van der Waals surface area contributed by atoms with Crippen LogP contribution in [-0.4, -0.2) is 0 Å². The Morgan fingerprint density at radius 2 is 2.00 bits per heavy atom. The first-order chi connectivity index (χ1) is 4.72. The van der Waals surface area contributed by atoms with Crippen molar-refractivity contribution < 1.29 is 0 Å². The van der Waals surface area contributed by atoms with Gasteiger partial charge in [-0.15, -0.1) is 0 Å². The van der Waals surface area contributed by atoms with E-state index in [9.17, 15) is 0 Å². The third-order valence-electron chi connectivity index (χ3n) is 2.85. The molecular formula is C10H18. The molecule has 0 bridgehead atoms. The quantitative estimate of drug-likeness (QED) is 0.513. The lowest BCUT2D eigenvalue weighted by atomic mass is 10.2. The van der Waals surface area contributed by atoms with Gasteiger partial charge in [-0.25, -0.2) is 0 Å². The van der Waals surface area contributed by atoms with E-state index in [1.54, 1.807) is 11.1 Å². The van der Waals surface area contributed by atoms with Crippen LogP contribution in [0.5, 0.6) is 0 Å². The fourth-order valence-electron chi connectivity index (χ4n) is 1.95. The minimum atomic E-state index is 0.907. The highest BCUT2D eigenvalue weighted by atomic mass is 14.4. The first kappa shape index (κ1) is 7.84. The van der Waals surface area contributed by atoms with Crippen LogP contribution in [0.15, 0.2) is 11.1 Å². The predicted molar refractivity (Wildman–Crippen MR) is 45.9 cm³/mol. The maximum absolute atomic E-state index is 2.35. The molecule has 1 rings (SSSR count). The van der Waals surface area contributed by atoms with Crippen molar-refractivity contribution in [3.05, 3.63) is 11.1 Å². The van der Waals surface area contributed by atoms with Crippen LogP contribution in [0.4, 0.5) is 0 Å². The van der Waals surface area contributed by atoms with E-state index in [-0.39, 0.29) is 0 Å². The van der Waals surface area contributed by atoms with Crippen LogP contribution in [0.1, 0.15) is 40.5 Å². The Labute approximate surface area is 64.3 Å². The largest absolute Gasteiger partial charge is 0.0738 e. The second-order valence-electron chi connectivity index (χ2n) is 3.39. The zero-order chi connectivity index (χ0) is 7.72. The zero-order valence-corrected chi connectivity index (χ0v) is 7.57. The van der Waals surface area contributed by atoms with Crippen molar-refractivity contribution in [3.63, 3.8) is 0 Å². The van der Waals surface area contributed by atoms with Gasteiger partial charge in [-0.05, 0) is 31.6 Å². The Balaban J connectivity index is 2.61. The normalized spacial score (nSPS) is 36.0. The highest BCUT2D eigenvalue weighted by molar-refractivity contribution is 5.32. The molecule has 0 N–H and O–H groups in total. The first-order valence-electron chi connectivity index (χ1n) is 4.41. The van der Waals surface area contributed by atoms with Crippen molar-refractivity contribution in [3.8, 4) is 0 Å². The van der Waals surface area contributed by atoms with E-state index < -0.39 is 0 Å². The molecule has 1 fully saturated rings. The van der Waals surface area contributed by atoms with E-state index >= 15 is 0 Å². The number of hydrogen-bond acceptors (Lipinski definition) is 0. The lowest BCUT2D eigenvalue weighted by molar-refractivity contribution is 0.727. The van der Waals surface area contributed by atoms with E-state index in [1.807, 2.05) is 0 Å². The van der Waals surface area contributed by atoms with Gasteiger partial charge < -0.3 is 0 Å². The van der Waals surface area contributed by atoms with Gasteiger partial charge in [-0.1, -0.05) is 31.9 Å². The Morgan fingerprint density at radius 1 is 1.40 bits per heavy atom. The Hall–Kier alpha value is -0.260. The molecule has 2 atom stereocenters. The molecule has 1 aliphatic carbocycles. The summed E-state index contributed by atoms with van der Waals surface area (Å²) in [7, 11) is 0. The van der Waals surface area contributed by atoms with Crippen molar-refractivity contribution in [1.29, 1.82) is 0 Å². The monoisotopic (exact) mass is 138 g/mol. The molecule has 0 amide bonds. The van der Waals surface area contributed by atoms with Gasteiger partial charge in [0, 0.05) is 0 Å². The summed E-state index contributed by atoms with van der Waals surface area (Å²) >= 11 is 0. The maximum Gasteiger partial charge on any atom is -0.0137 e. The number of hydrogen-bond donors (Lipinski definition) is 0. The number of rotatable bonds is 2. The molecule has 0 heteroatoms. The average Bonchev–Trinajstić information content (AvgIpc) is 2.59. The average molecular weight is 138 g/mol. The van der Waals surface area contributed by atoms with E-state index in [2.05, 4.69) is 27.7 Å². The summed E-state index contributed by atoms with van der Waals surface area (Å²) in [6.45, 7) is 9.17. The second-order valence-corrected chi connectivity index (χ2v) is 3.39. The summed E-state index contributed by atoms with van der Waals surface area (Å²) in [5.41, 5.74) is 3.39. The SMILES string of the molecule is CCC(C)=C1C(C)C1CC. The van der Waals surface area contributed by atoms with Gasteiger partial charge in [-0.3, -0.25) is 0 Å². The standard InChI is InChI=1S/C10H18/c1-5-7(3)10-8(4)9(10)6-2/h8-9H,5-6H2,1-4H3. The molecule has 1 aliphatic rings. The van der Waals surface area contributed by atoms with E-state index in [1.165, 1.54) is 12.8 Å². The van der Waals surface area contributed by atoms with Crippen LogP contribution in [0, 0.1) is 11.8 Å². The van der Waals surface area contributed by atoms with Gasteiger partial charge in [0.25, 0.3) is 0 Å². The van der Waals surface area contributed by atoms with Crippen LogP contribution in [-0.2, 0) is 0 Å². The predicted octanol–water partition coefficient (Wildman–Crippen LogP) is 3.39. The Morgan fingerprint density at radius 3 is 2.30 bits per heavy atom. The third kappa shape index (κ3) is 1.12. The van der Waals surface area contributed by atoms with Crippen molar-refractivity contribution in [2.45, 2.75) is 40.5 Å². The fourth-order valence-corrected chi connectivity index (χ4v) is 1.95. The minimum absolute atomic E-state index is 0.907. The van der Waals surface area contributed by atoms with Crippen molar-refractivity contribution in [2.24, 2.45) is 11.8 Å². The molecule has 0 nitrogen and oxygen atoms in total. The molecule has 1 saturated carbocycles. The molecule has 0 aromatic carbocycles. The highest BCUT2D eigenvalue weighted by Gasteiger charge is 2.38. The third-order valence-corrected chi connectivity index (χ3v) is 2.85. The molecule has 0 aromatic rings. The van der Waals surface area contributed by atoms with E-state index in [0.29, 0.717) is 0 Å². The van der Waals surface area contributed by atoms with Crippen molar-refractivity contribution in [2.75, 3.05) is 0 Å². The lowest BCUT2D eigenvalue weighted by Crippen LogP contribution is -1.72. The molecule has 10 heavy (non-hydrogen) atoms. The first-order valence-corrected chi connectivity index (χ1v) is 4.41. The summed E-state index contributed by atoms with van der Waals surface area (Å²) in [6.07, 6.45) is 2.59. The van der Waals surface area contributed by atoms with Gasteiger partial charge in [0.1, 0.15) is 0 Å². The van der Waals surface area contributed by atoms with Crippen LogP contribution in [0.25, 0.3) is 0 Å². The molecule has 0 saturated heterocycles. The summed E-state index contributed by atoms with van der Waals surface area (Å²) in [5, 5.41) is 0. The fraction of sp³-hybridized carbons (Fsp3) is 0.800. The lowest BCUT2D eigenvalue weighted by Gasteiger charge is -1.90. The molecule has 0 heterocycles. The van der Waals surface area contributed by atoms with Crippen molar-refractivity contribution in [1.82, 2.24) is 0 Å². The van der Waals surface area contributed by atoms with Crippen LogP contribution in [0.3, 0.4) is 0 Å². The van der Waals surface area contributed by atoms with E-state index in [0.717, 1.165) is 11.8 Å². The molecule has 0 aromatic heterocycles. The minimum Gasteiger partial charge on any atom is -0.0738 e. The van der Waals surface area contributed by atoms with Gasteiger partial charge in [0.05, 0.1) is 0 Å². The molecule has 58 valence electrons. The smallest absolute Gasteiger partial charge is 0.0137 e. The molecular weight excluding hydrogens is 120 g/mol. The Kier molecular flexibility index (Phi) is 2.18. The maximum atomic E-state index is 2.35. The highest BCUT2D eigenvalue weighted by Crippen LogP contribution is 2.49. The number of allylic oxidation sites excluding steroid dienone is 2. The van der Waals surface area contributed by atoms with Gasteiger partial charge in [-0.2, -0.15) is 0 Å². The van der Waals surface area contributed by atoms with Crippen LogP contribution >= 0.6 is 0 Å². The van der Waals surface area contributed by atoms with Crippen LogP contribution < -0.4 is 0 Å². The summed E-state index contributed by atoms with van der Waals surface area (Å²) in [6, 6.07) is 0. The van der Waals surface area contributed by atoms with Gasteiger partial charge >= 0.3 is 0 Å². The van der Waals surface area contributed by atoms with Gasteiger partial charge in [0.2, 0.25) is 0 Å². The molecule has 2 unspecified atom stereocenters. The Bertz CT molecular complexity index is 153. The second kappa shape index (κ2) is 2.77. The molecule has 0 radical (unpaired) electrons. The van der Waals surface area contributed by atoms with Crippen LogP contribution in [0.2, 0.25) is 0 Å². The summed E-state index contributed by atoms with van der Waals surface area (Å²) < 4.78 is 0. The molecule has 0 spiro atoms. The van der Waals surface area contributed by atoms with E-state index in [4.69, 9.17) is 0 Å².